The lowest BCUT2D eigenvalue weighted by Gasteiger charge is -2.37. The van der Waals surface area contributed by atoms with Gasteiger partial charge in [-0.05, 0) is 142 Å². The predicted octanol–water partition coefficient (Wildman–Crippen LogP) is 8.07. The van der Waals surface area contributed by atoms with Crippen LogP contribution in [-0.2, 0) is 52.8 Å². The van der Waals surface area contributed by atoms with Crippen LogP contribution in [0.3, 0.4) is 0 Å². The number of hydrogen-bond donors (Lipinski definition) is 4. The third-order valence-corrected chi connectivity index (χ3v) is 16.7. The van der Waals surface area contributed by atoms with Crippen molar-refractivity contribution in [2.24, 2.45) is 16.7 Å². The maximum atomic E-state index is 15.0. The Morgan fingerprint density at radius 3 is 2.53 bits per heavy atom. The number of rotatable bonds is 11. The van der Waals surface area contributed by atoms with Gasteiger partial charge in [-0.25, -0.2) is 5.43 Å². The summed E-state index contributed by atoms with van der Waals surface area (Å²) in [6.45, 7) is 17.3. The van der Waals surface area contributed by atoms with Crippen LogP contribution in [0.4, 0.5) is 5.69 Å². The number of esters is 1. The fourth-order valence-corrected chi connectivity index (χ4v) is 12.4. The predicted molar refractivity (Wildman–Crippen MR) is 311 cm³/mol. The monoisotopic (exact) mass is 1100 g/mol. The number of pyridine rings is 1. The van der Waals surface area contributed by atoms with Gasteiger partial charge in [0.2, 0.25) is 5.91 Å². The number of phenolic OH excluding ortho intramolecular Hbond substituents is 1. The molecule has 17 heteroatoms. The molecule has 0 saturated carbocycles. The molecular weight excluding hydrogens is 1020 g/mol. The first-order valence-electron chi connectivity index (χ1n) is 28.6. The number of aromatic nitrogens is 2. The number of cyclic esters (lactones) is 1. The number of nitrogens with zero attached hydrogens (tertiary/aromatic N) is 6. The number of amides is 3. The van der Waals surface area contributed by atoms with E-state index in [9.17, 15) is 29.5 Å². The van der Waals surface area contributed by atoms with Gasteiger partial charge in [0.1, 0.15) is 30.0 Å². The number of carbonyl (C=O) groups is 4. The molecule has 2 aromatic heterocycles. The zero-order chi connectivity index (χ0) is 57.9. The maximum Gasteiger partial charge on any atom is 0.324 e. The van der Waals surface area contributed by atoms with Crippen LogP contribution < -0.4 is 16.5 Å². The van der Waals surface area contributed by atoms with Gasteiger partial charge in [0.25, 0.3) is 11.8 Å². The van der Waals surface area contributed by atoms with Gasteiger partial charge in [-0.15, -0.1) is 0 Å². The number of ether oxygens (including phenoxy) is 3. The molecule has 3 aromatic carbocycles. The van der Waals surface area contributed by atoms with Crippen molar-refractivity contribution in [2.75, 3.05) is 59.3 Å². The molecule has 3 amide bonds. The standard InChI is InChI=1S/C64H79N9O8/c1-10-72-54-21-18-44-33-49(54)51(57(72)50-30-41(35-67-55(50)40(4)79-9)14-11-24-71-25-13-23-64(7,36-65)37-71)34-63(5,6)38-81-62(78)52-15-12-26-73(69-52)60(76)53(31-42-28-45(44)32-47(74)29-42)68-59(75)56(39(2)3)70(8)61(77)58-48(22-27-80-58)43-16-19-46(66)20-17-43/h16-21,28-30,32-33,35,39-40,48,52-53,56,58,69,74H,10,12-13,15,22-27,31,34,37-38,66H2,1-9H3,(H,68,75). The molecule has 17 nitrogen and oxygen atoms in total. The van der Waals surface area contributed by atoms with Gasteiger partial charge in [-0.2, -0.15) is 5.26 Å². The fourth-order valence-electron chi connectivity index (χ4n) is 12.4. The highest BCUT2D eigenvalue weighted by molar-refractivity contribution is 5.96. The van der Waals surface area contributed by atoms with Crippen LogP contribution in [-0.4, -0.2) is 131 Å². The Hall–Kier alpha value is -7.28. The van der Waals surface area contributed by atoms with Crippen LogP contribution in [0, 0.1) is 39.9 Å². The van der Waals surface area contributed by atoms with Crippen molar-refractivity contribution in [2.45, 2.75) is 136 Å². The van der Waals surface area contributed by atoms with Gasteiger partial charge >= 0.3 is 5.97 Å². The first kappa shape index (κ1) is 58.4. The molecule has 6 heterocycles. The quantitative estimate of drug-likeness (QED) is 0.0560. The average molecular weight is 1100 g/mol. The van der Waals surface area contributed by atoms with Gasteiger partial charge in [0.05, 0.1) is 42.1 Å². The Morgan fingerprint density at radius 1 is 1.02 bits per heavy atom. The van der Waals surface area contributed by atoms with E-state index in [0.717, 1.165) is 69.5 Å². The molecule has 0 spiro atoms. The number of hydrazine groups is 1. The zero-order valence-electron chi connectivity index (χ0n) is 48.4. The van der Waals surface area contributed by atoms with E-state index in [1.54, 1.807) is 44.6 Å². The number of methoxy groups -OCH3 is 1. The highest BCUT2D eigenvalue weighted by atomic mass is 16.5. The number of benzene rings is 3. The molecule has 5 aromatic rings. The Kier molecular flexibility index (Phi) is 17.6. The lowest BCUT2D eigenvalue weighted by atomic mass is 9.83. The molecule has 4 aliphatic rings. The van der Waals surface area contributed by atoms with Crippen LogP contribution in [0.25, 0.3) is 33.3 Å². The van der Waals surface area contributed by atoms with Crippen LogP contribution in [0.15, 0.2) is 72.9 Å². The summed E-state index contributed by atoms with van der Waals surface area (Å²) < 4.78 is 20.5. The summed E-state index contributed by atoms with van der Waals surface area (Å²) in [6, 6.07) is 20.4. The Morgan fingerprint density at radius 2 is 1.80 bits per heavy atom. The molecule has 428 valence electrons. The molecule has 4 aliphatic heterocycles. The van der Waals surface area contributed by atoms with E-state index in [-0.39, 0.29) is 49.2 Å². The molecule has 3 saturated heterocycles. The lowest BCUT2D eigenvalue weighted by Crippen LogP contribution is -2.62. The molecule has 3 fully saturated rings. The second kappa shape index (κ2) is 24.4. The van der Waals surface area contributed by atoms with Crippen LogP contribution in [0.2, 0.25) is 0 Å². The average Bonchev–Trinajstić information content (AvgIpc) is 4.07. The van der Waals surface area contributed by atoms with E-state index in [1.165, 1.54) is 9.91 Å². The summed E-state index contributed by atoms with van der Waals surface area (Å²) in [5, 5.41) is 26.8. The number of nitrogens with two attached hydrogens (primary N) is 1. The van der Waals surface area contributed by atoms with Crippen molar-refractivity contribution >= 4 is 40.3 Å². The minimum Gasteiger partial charge on any atom is -0.508 e. The maximum absolute atomic E-state index is 15.0. The number of phenols is 1. The van der Waals surface area contributed by atoms with Gasteiger partial charge in [-0.1, -0.05) is 63.8 Å². The van der Waals surface area contributed by atoms with Crippen LogP contribution in [0.1, 0.15) is 121 Å². The SMILES string of the molecule is CCn1c(-c2cc(C#CCN3CCCC(C)(C#N)C3)cnc2C(C)OC)c2c3cc(ccc31)-c1cc(O)cc(c1)CC(NC(=O)C(C(C)C)N(C)C(=O)C1OCCC1c1ccc(N)cc1)C(=O)N1CCCC(N1)C(=O)OCC(C)(C)C2. The van der Waals surface area contributed by atoms with E-state index < -0.39 is 52.8 Å². The Balaban J connectivity index is 1.11. The number of aryl methyl sites for hydroxylation is 1. The number of carbonyl (C=O) groups excluding carboxylic acids is 4. The van der Waals surface area contributed by atoms with Crippen molar-refractivity contribution in [1.29, 1.82) is 5.26 Å². The van der Waals surface area contributed by atoms with Gasteiger partial charge in [0.15, 0.2) is 0 Å². The number of hydrogen-bond acceptors (Lipinski definition) is 13. The van der Waals surface area contributed by atoms with Gasteiger partial charge in [0, 0.05) is 92.1 Å². The number of nitriles is 1. The lowest BCUT2D eigenvalue weighted by molar-refractivity contribution is -0.155. The number of fused-ring (bicyclic) bond motifs is 6. The van der Waals surface area contributed by atoms with Crippen LogP contribution in [0.5, 0.6) is 5.75 Å². The van der Waals surface area contributed by atoms with Crippen molar-refractivity contribution in [3.63, 3.8) is 0 Å². The number of likely N-dealkylation sites (N-methyl/N-ethyl adjacent to an activating group) is 1. The first-order chi connectivity index (χ1) is 38.7. The molecule has 81 heavy (non-hydrogen) atoms. The number of nitrogen functional groups attached to an aromatic ring is 1. The topological polar surface area (TPSA) is 218 Å². The molecular formula is C64H79N9O8. The van der Waals surface area contributed by atoms with E-state index in [2.05, 4.69) is 77.1 Å². The molecule has 0 aliphatic carbocycles. The number of aromatic hydroxyl groups is 1. The molecule has 9 rings (SSSR count). The van der Waals surface area contributed by atoms with Gasteiger partial charge < -0.3 is 39.8 Å². The van der Waals surface area contributed by atoms with E-state index >= 15 is 0 Å². The fraction of sp³-hybridized carbons (Fsp3) is 0.500. The largest absolute Gasteiger partial charge is 0.508 e. The third-order valence-electron chi connectivity index (χ3n) is 16.7. The summed E-state index contributed by atoms with van der Waals surface area (Å²) in [6.07, 6.45) is 4.37. The highest BCUT2D eigenvalue weighted by Crippen LogP contribution is 2.43. The Labute approximate surface area is 476 Å². The smallest absolute Gasteiger partial charge is 0.324 e. The van der Waals surface area contributed by atoms with Crippen molar-refractivity contribution in [3.05, 3.63) is 101 Å². The summed E-state index contributed by atoms with van der Waals surface area (Å²) >= 11 is 0. The molecule has 7 atom stereocenters. The van der Waals surface area contributed by atoms with Crippen molar-refractivity contribution in [1.82, 2.24) is 35.1 Å². The van der Waals surface area contributed by atoms with E-state index in [0.29, 0.717) is 68.7 Å². The molecule has 7 unspecified atom stereocenters. The summed E-state index contributed by atoms with van der Waals surface area (Å²) in [5.41, 5.74) is 17.0. The summed E-state index contributed by atoms with van der Waals surface area (Å²) in [7, 11) is 3.26. The summed E-state index contributed by atoms with van der Waals surface area (Å²) in [4.78, 5) is 67.2. The number of nitrogens with one attached hydrogen (secondary N) is 2. The van der Waals surface area contributed by atoms with Crippen molar-refractivity contribution < 1.29 is 38.5 Å². The van der Waals surface area contributed by atoms with E-state index in [1.807, 2.05) is 52.0 Å². The zero-order valence-corrected chi connectivity index (χ0v) is 48.4. The molecule has 5 N–H and O–H groups in total. The van der Waals surface area contributed by atoms with Crippen LogP contribution >= 0.6 is 0 Å². The molecule has 6 bridgehead atoms. The Bertz CT molecular complexity index is 3280. The molecule has 0 radical (unpaired) electrons. The van der Waals surface area contributed by atoms with E-state index in [4.69, 9.17) is 24.9 Å². The summed E-state index contributed by atoms with van der Waals surface area (Å²) in [5.74, 6) is 4.26. The minimum absolute atomic E-state index is 0.0271. The van der Waals surface area contributed by atoms with Crippen molar-refractivity contribution in [3.8, 4) is 46.0 Å². The number of anilines is 1. The third kappa shape index (κ3) is 12.8. The first-order valence-corrected chi connectivity index (χ1v) is 28.6. The second-order valence-corrected chi connectivity index (χ2v) is 24.0. The minimum atomic E-state index is -1.20. The van der Waals surface area contributed by atoms with Gasteiger partial charge in [-0.3, -0.25) is 34.1 Å². The normalized spacial score (nSPS) is 23.1. The number of likely N-dealkylation sites (tertiary alicyclic amines) is 1. The number of piperidine rings is 1. The highest BCUT2D eigenvalue weighted by Gasteiger charge is 2.43. The second-order valence-electron chi connectivity index (χ2n) is 24.0.